The number of nitrogens with zero attached hydrogens (tertiary/aromatic N) is 1. The minimum atomic E-state index is -0.635. The predicted molar refractivity (Wildman–Crippen MR) is 146 cm³/mol. The molecule has 0 aromatic heterocycles. The Morgan fingerprint density at radius 1 is 1.03 bits per heavy atom. The second kappa shape index (κ2) is 13.1. The SMILES string of the molecule is CCOc1cc(/C=C2/SC(=O)N(CC(=O)O[C@@H](C)CC)C2=O)ccc1OCC(=O)Nc1ccc(C)c(C)c1. The van der Waals surface area contributed by atoms with E-state index in [0.29, 0.717) is 35.8 Å². The molecule has 0 bridgehead atoms. The van der Waals surface area contributed by atoms with Crippen molar-refractivity contribution in [2.75, 3.05) is 25.1 Å². The fourth-order valence-corrected chi connectivity index (χ4v) is 4.26. The third kappa shape index (κ3) is 7.61. The van der Waals surface area contributed by atoms with E-state index in [4.69, 9.17) is 14.2 Å². The van der Waals surface area contributed by atoms with Crippen molar-refractivity contribution >= 4 is 46.5 Å². The zero-order valence-electron chi connectivity index (χ0n) is 22.2. The van der Waals surface area contributed by atoms with Gasteiger partial charge < -0.3 is 19.5 Å². The number of carbonyl (C=O) groups excluding carboxylic acids is 4. The van der Waals surface area contributed by atoms with Gasteiger partial charge in [0.05, 0.1) is 17.6 Å². The largest absolute Gasteiger partial charge is 0.490 e. The van der Waals surface area contributed by atoms with E-state index in [9.17, 15) is 19.2 Å². The number of hydrogen-bond donors (Lipinski definition) is 1. The van der Waals surface area contributed by atoms with Crippen LogP contribution in [0.15, 0.2) is 41.3 Å². The molecule has 0 aliphatic carbocycles. The Morgan fingerprint density at radius 3 is 2.47 bits per heavy atom. The summed E-state index contributed by atoms with van der Waals surface area (Å²) in [6, 6.07) is 10.6. The highest BCUT2D eigenvalue weighted by Crippen LogP contribution is 2.34. The predicted octanol–water partition coefficient (Wildman–Crippen LogP) is 5.10. The second-order valence-electron chi connectivity index (χ2n) is 8.75. The fourth-order valence-electron chi connectivity index (χ4n) is 3.42. The molecule has 1 aliphatic heterocycles. The van der Waals surface area contributed by atoms with Crippen LogP contribution in [0.25, 0.3) is 6.08 Å². The number of nitrogens with one attached hydrogen (secondary N) is 1. The number of imide groups is 1. The Bertz CT molecular complexity index is 1260. The molecule has 1 atom stereocenters. The van der Waals surface area contributed by atoms with Crippen LogP contribution in [-0.4, -0.2) is 53.8 Å². The number of carbonyl (C=O) groups is 4. The summed E-state index contributed by atoms with van der Waals surface area (Å²) < 4.78 is 16.6. The molecule has 1 saturated heterocycles. The van der Waals surface area contributed by atoms with E-state index in [1.54, 1.807) is 31.2 Å². The third-order valence-electron chi connectivity index (χ3n) is 5.78. The molecule has 3 rings (SSSR count). The molecule has 3 amide bonds. The number of aryl methyl sites for hydroxylation is 2. The van der Waals surface area contributed by atoms with Gasteiger partial charge in [0.1, 0.15) is 6.54 Å². The van der Waals surface area contributed by atoms with Gasteiger partial charge in [-0.25, -0.2) is 0 Å². The Labute approximate surface area is 226 Å². The van der Waals surface area contributed by atoms with Crippen molar-refractivity contribution in [2.24, 2.45) is 0 Å². The zero-order valence-corrected chi connectivity index (χ0v) is 23.0. The number of anilines is 1. The summed E-state index contributed by atoms with van der Waals surface area (Å²) in [5, 5.41) is 2.27. The number of thioether (sulfide) groups is 1. The van der Waals surface area contributed by atoms with Crippen LogP contribution < -0.4 is 14.8 Å². The van der Waals surface area contributed by atoms with Crippen LogP contribution in [0, 0.1) is 13.8 Å². The molecule has 9 nitrogen and oxygen atoms in total. The number of rotatable bonds is 11. The van der Waals surface area contributed by atoms with Crippen LogP contribution in [0.4, 0.5) is 10.5 Å². The molecular weight excluding hydrogens is 508 g/mol. The Hall–Kier alpha value is -3.79. The minimum absolute atomic E-state index is 0.176. The van der Waals surface area contributed by atoms with Crippen molar-refractivity contribution in [3.05, 3.63) is 58.0 Å². The molecule has 1 aliphatic rings. The van der Waals surface area contributed by atoms with Crippen molar-refractivity contribution < 1.29 is 33.4 Å². The topological polar surface area (TPSA) is 111 Å². The Balaban J connectivity index is 1.67. The normalized spacial score (nSPS) is 15.0. The van der Waals surface area contributed by atoms with Crippen molar-refractivity contribution in [3.63, 3.8) is 0 Å². The summed E-state index contributed by atoms with van der Waals surface area (Å²) in [5.41, 5.74) is 3.48. The van der Waals surface area contributed by atoms with Crippen LogP contribution in [0.3, 0.4) is 0 Å². The van der Waals surface area contributed by atoms with Gasteiger partial charge in [0.2, 0.25) is 0 Å². The maximum Gasteiger partial charge on any atom is 0.326 e. The van der Waals surface area contributed by atoms with E-state index in [-0.39, 0.29) is 23.5 Å². The molecule has 1 N–H and O–H groups in total. The van der Waals surface area contributed by atoms with Crippen LogP contribution in [-0.2, 0) is 19.1 Å². The van der Waals surface area contributed by atoms with Crippen molar-refractivity contribution in [2.45, 2.75) is 47.1 Å². The van der Waals surface area contributed by atoms with Gasteiger partial charge in [-0.1, -0.05) is 19.1 Å². The highest BCUT2D eigenvalue weighted by molar-refractivity contribution is 8.18. The van der Waals surface area contributed by atoms with E-state index in [1.807, 2.05) is 45.9 Å². The van der Waals surface area contributed by atoms with Gasteiger partial charge in [0, 0.05) is 5.69 Å². The molecule has 2 aromatic carbocycles. The molecule has 38 heavy (non-hydrogen) atoms. The Morgan fingerprint density at radius 2 is 1.79 bits per heavy atom. The van der Waals surface area contributed by atoms with Gasteiger partial charge in [0.15, 0.2) is 18.1 Å². The highest BCUT2D eigenvalue weighted by atomic mass is 32.2. The van der Waals surface area contributed by atoms with Gasteiger partial charge in [-0.2, -0.15) is 0 Å². The van der Waals surface area contributed by atoms with Gasteiger partial charge in [-0.05, 0) is 92.9 Å². The average molecular weight is 541 g/mol. The van der Waals surface area contributed by atoms with Crippen molar-refractivity contribution in [3.8, 4) is 11.5 Å². The second-order valence-corrected chi connectivity index (χ2v) is 9.74. The first kappa shape index (κ1) is 28.8. The lowest BCUT2D eigenvalue weighted by atomic mass is 10.1. The summed E-state index contributed by atoms with van der Waals surface area (Å²) in [4.78, 5) is 50.6. The number of benzene rings is 2. The van der Waals surface area contributed by atoms with Crippen LogP contribution in [0.1, 0.15) is 43.9 Å². The summed E-state index contributed by atoms with van der Waals surface area (Å²) in [7, 11) is 0. The molecule has 10 heteroatoms. The summed E-state index contributed by atoms with van der Waals surface area (Å²) in [6.45, 7) is 9.08. The number of hydrogen-bond acceptors (Lipinski definition) is 8. The third-order valence-corrected chi connectivity index (χ3v) is 6.69. The Kier molecular flexibility index (Phi) is 9.95. The van der Waals surface area contributed by atoms with Gasteiger partial charge in [-0.15, -0.1) is 0 Å². The highest BCUT2D eigenvalue weighted by Gasteiger charge is 2.37. The number of esters is 1. The van der Waals surface area contributed by atoms with E-state index >= 15 is 0 Å². The van der Waals surface area contributed by atoms with Gasteiger partial charge >= 0.3 is 5.97 Å². The summed E-state index contributed by atoms with van der Waals surface area (Å²) >= 11 is 0.749. The number of ether oxygens (including phenoxy) is 3. The molecule has 1 fully saturated rings. The standard InChI is InChI=1S/C28H32N2O7S/c1-6-19(5)37-26(32)15-30-27(33)24(38-28(30)34)14-20-9-11-22(23(13-20)35-7-2)36-16-25(31)29-21-10-8-17(3)18(4)12-21/h8-14,19H,6-7,15-16H2,1-5H3,(H,29,31)/b24-14+/t19-/m0/s1. The molecule has 0 saturated carbocycles. The lowest BCUT2D eigenvalue weighted by Gasteiger charge is -2.15. The van der Waals surface area contributed by atoms with Crippen molar-refractivity contribution in [1.82, 2.24) is 4.90 Å². The van der Waals surface area contributed by atoms with Crippen LogP contribution >= 0.6 is 11.8 Å². The van der Waals surface area contributed by atoms with E-state index in [2.05, 4.69) is 5.32 Å². The maximum atomic E-state index is 12.8. The quantitative estimate of drug-likeness (QED) is 0.310. The molecule has 1 heterocycles. The monoisotopic (exact) mass is 540 g/mol. The van der Waals surface area contributed by atoms with Gasteiger partial charge in [0.25, 0.3) is 17.1 Å². The molecule has 0 unspecified atom stereocenters. The first-order chi connectivity index (χ1) is 18.1. The number of amides is 3. The first-order valence-electron chi connectivity index (χ1n) is 12.3. The molecular formula is C28H32N2O7S. The zero-order chi connectivity index (χ0) is 27.8. The summed E-state index contributed by atoms with van der Waals surface area (Å²) in [6.07, 6.45) is 1.88. The van der Waals surface area contributed by atoms with E-state index < -0.39 is 23.7 Å². The maximum absolute atomic E-state index is 12.8. The molecule has 2 aromatic rings. The van der Waals surface area contributed by atoms with Gasteiger partial charge in [-0.3, -0.25) is 24.1 Å². The lowest BCUT2D eigenvalue weighted by Crippen LogP contribution is -2.35. The molecule has 0 radical (unpaired) electrons. The average Bonchev–Trinajstić information content (AvgIpc) is 3.13. The smallest absolute Gasteiger partial charge is 0.326 e. The van der Waals surface area contributed by atoms with Crippen LogP contribution in [0.5, 0.6) is 11.5 Å². The molecule has 0 spiro atoms. The fraction of sp³-hybridized carbons (Fsp3) is 0.357. The van der Waals surface area contributed by atoms with E-state index in [0.717, 1.165) is 27.8 Å². The van der Waals surface area contributed by atoms with Crippen molar-refractivity contribution in [1.29, 1.82) is 0 Å². The first-order valence-corrected chi connectivity index (χ1v) is 13.1. The molecule has 202 valence electrons. The lowest BCUT2D eigenvalue weighted by molar-refractivity contribution is -0.150. The van der Waals surface area contributed by atoms with Crippen LogP contribution in [0.2, 0.25) is 0 Å². The summed E-state index contributed by atoms with van der Waals surface area (Å²) in [5.74, 6) is -0.774. The van der Waals surface area contributed by atoms with E-state index in [1.165, 1.54) is 0 Å². The minimum Gasteiger partial charge on any atom is -0.490 e.